The van der Waals surface area contributed by atoms with Crippen molar-refractivity contribution < 1.29 is 63.0 Å². The molecule has 0 aliphatic carbocycles. The summed E-state index contributed by atoms with van der Waals surface area (Å²) >= 11 is 0. The molecule has 0 radical (unpaired) electrons. The Kier molecular flexibility index (Phi) is 20.2. The van der Waals surface area contributed by atoms with Crippen LogP contribution < -0.4 is 50.7 Å². The van der Waals surface area contributed by atoms with Crippen LogP contribution in [0.25, 0.3) is 44.7 Å². The van der Waals surface area contributed by atoms with Gasteiger partial charge in [0.15, 0.2) is 73.7 Å². The number of nitrogens with one attached hydrogen (secondary N) is 5. The Hall–Kier alpha value is -7.82. The van der Waals surface area contributed by atoms with Crippen LogP contribution in [0.3, 0.4) is 0 Å². The number of nitrogen functional groups attached to an aromatic ring is 4. The molecule has 12 heterocycles. The summed E-state index contributed by atoms with van der Waals surface area (Å²) in [5.74, 6) is -0.207. The number of aromatic amines is 4. The molecule has 95 heavy (non-hydrogen) atoms. The van der Waals surface area contributed by atoms with Gasteiger partial charge in [-0.1, -0.05) is 41.5 Å². The minimum absolute atomic E-state index is 0.0150. The van der Waals surface area contributed by atoms with Gasteiger partial charge in [0.25, 0.3) is 22.2 Å². The monoisotopic (exact) mass is 1370 g/mol. The smallest absolute Gasteiger partial charge is 0.280 e. The number of aldehydes is 1. The van der Waals surface area contributed by atoms with Crippen molar-refractivity contribution in [2.24, 2.45) is 0 Å². The maximum absolute atomic E-state index is 12.4. The van der Waals surface area contributed by atoms with Crippen LogP contribution in [0, 0.1) is 0 Å². The van der Waals surface area contributed by atoms with E-state index < -0.39 is 131 Å². The molecule has 0 unspecified atom stereocenters. The molecule has 12 rings (SSSR count). The zero-order valence-electron chi connectivity index (χ0n) is 53.9. The number of aliphatic hydroxyl groups is 4. The van der Waals surface area contributed by atoms with E-state index in [2.05, 4.69) is 133 Å². The first-order valence-electron chi connectivity index (χ1n) is 30.7. The number of hydrogen-bond donors (Lipinski definition) is 14. The maximum Gasteiger partial charge on any atom is 0.280 e. The summed E-state index contributed by atoms with van der Waals surface area (Å²) in [5, 5.41) is 51.4. The van der Waals surface area contributed by atoms with E-state index in [1.54, 1.807) is 9.13 Å². The minimum Gasteiger partial charge on any atom is -0.414 e. The van der Waals surface area contributed by atoms with E-state index in [4.69, 9.17) is 55.5 Å². The molecular weight excluding hydrogens is 1280 g/mol. The number of carbonyl (C=O) groups excluding carboxylic acids is 1. The second-order valence-electron chi connectivity index (χ2n) is 26.7. The van der Waals surface area contributed by atoms with Gasteiger partial charge in [-0.15, -0.1) is 0 Å². The Bertz CT molecular complexity index is 4290. The molecular formula is C55H83N21O17Si2. The van der Waals surface area contributed by atoms with Gasteiger partial charge < -0.3 is 85.9 Å². The number of hydroxylamine groups is 1. The quantitative estimate of drug-likeness (QED) is 0.0228. The molecule has 14 atom stereocenters. The maximum atomic E-state index is 12.4. The number of nitrogens with two attached hydrogens (primary N) is 4. The summed E-state index contributed by atoms with van der Waals surface area (Å²) in [6, 6.07) is -0.573. The fraction of sp³-hybridized carbons (Fsp3) is 0.618. The van der Waals surface area contributed by atoms with Gasteiger partial charge in [-0.2, -0.15) is 25.4 Å². The molecule has 4 saturated heterocycles. The summed E-state index contributed by atoms with van der Waals surface area (Å²) in [7, 11) is -4.38. The fourth-order valence-corrected chi connectivity index (χ4v) is 13.4. The lowest BCUT2D eigenvalue weighted by Crippen LogP contribution is -2.53. The van der Waals surface area contributed by atoms with Crippen LogP contribution in [-0.2, 0) is 37.3 Å². The highest BCUT2D eigenvalue weighted by Gasteiger charge is 2.53. The molecule has 8 aromatic rings. The Morgan fingerprint density at radius 1 is 0.600 bits per heavy atom. The fourth-order valence-electron chi connectivity index (χ4n) is 11.1. The van der Waals surface area contributed by atoms with Gasteiger partial charge >= 0.3 is 0 Å². The van der Waals surface area contributed by atoms with Crippen LogP contribution >= 0.6 is 0 Å². The Morgan fingerprint density at radius 2 is 1.01 bits per heavy atom. The number of imidazole rings is 4. The first-order chi connectivity index (χ1) is 44.7. The van der Waals surface area contributed by atoms with Crippen molar-refractivity contribution in [3.63, 3.8) is 0 Å². The summed E-state index contributed by atoms with van der Waals surface area (Å²) in [6.07, 6.45) is -1.66. The summed E-state index contributed by atoms with van der Waals surface area (Å²) in [6.45, 7) is 21.6. The van der Waals surface area contributed by atoms with Gasteiger partial charge in [0.1, 0.15) is 49.3 Å². The number of anilines is 4. The minimum atomic E-state index is -2.30. The largest absolute Gasteiger partial charge is 0.414 e. The van der Waals surface area contributed by atoms with E-state index in [9.17, 15) is 49.6 Å². The average Bonchev–Trinajstić information content (AvgIpc) is 1.46. The van der Waals surface area contributed by atoms with Crippen LogP contribution in [0.5, 0.6) is 0 Å². The lowest BCUT2D eigenvalue weighted by molar-refractivity contribution is -0.112. The number of rotatable bonds is 18. The third-order valence-electron chi connectivity index (χ3n) is 18.3. The first kappa shape index (κ1) is 70.0. The predicted octanol–water partition coefficient (Wildman–Crippen LogP) is -0.220. The molecule has 0 spiro atoms. The molecule has 518 valence electrons. The van der Waals surface area contributed by atoms with Gasteiger partial charge in [0.05, 0.1) is 69.0 Å². The Morgan fingerprint density at radius 3 is 1.44 bits per heavy atom. The molecule has 0 amide bonds. The Balaban J connectivity index is 0.000000163. The van der Waals surface area contributed by atoms with Gasteiger partial charge in [0.2, 0.25) is 23.8 Å². The summed E-state index contributed by atoms with van der Waals surface area (Å²) in [5.41, 5.74) is 24.6. The number of carbonyl (C=O) groups is 1. The van der Waals surface area contributed by atoms with Crippen LogP contribution in [0.1, 0.15) is 98.6 Å². The molecule has 4 fully saturated rings. The van der Waals surface area contributed by atoms with Gasteiger partial charge in [-0.3, -0.25) is 57.4 Å². The summed E-state index contributed by atoms with van der Waals surface area (Å²) in [4.78, 5) is 101. The molecule has 0 bridgehead atoms. The van der Waals surface area contributed by atoms with E-state index in [0.29, 0.717) is 31.2 Å². The third kappa shape index (κ3) is 14.2. The van der Waals surface area contributed by atoms with E-state index in [-0.39, 0.29) is 98.9 Å². The number of hydrogen-bond acceptors (Lipinski definition) is 30. The molecule has 4 aliphatic heterocycles. The molecule has 8 aromatic heterocycles. The van der Waals surface area contributed by atoms with Crippen LogP contribution in [0.15, 0.2) is 44.5 Å². The van der Waals surface area contributed by atoms with Crippen molar-refractivity contribution in [3.8, 4) is 0 Å². The number of fused-ring (bicyclic) bond motifs is 4. The SMILES string of the molecule is CC(C)(C)[Si](C)(C)OC[C@H]1O[C@@H](n2cnc3c(=O)[nH]c(N)nc32)[C@H](O[Si](C)(C)C(C)(C)C)[C@@H]1NO.Nc1nc2c(ncn2[C@@H]2O[C@H](CO)[C@@H](OCCC[C@H]3O[C@@H](n4cnc5c(=O)[nH]c(N)nc54)C[C@@H]3O)[C@H]2O)c(=O)[nH]1.Nc1nc2c(ncn2[C@H]2C[C@H](O)[C@@H](CC=O)O2)c(=O)[nH]1. The lowest BCUT2D eigenvalue weighted by atomic mass is 10.1. The lowest BCUT2D eigenvalue weighted by Gasteiger charge is -2.40. The zero-order chi connectivity index (χ0) is 69.0. The van der Waals surface area contributed by atoms with E-state index in [1.807, 2.05) is 0 Å². The van der Waals surface area contributed by atoms with Crippen LogP contribution in [0.2, 0.25) is 36.3 Å². The third-order valence-corrected chi connectivity index (χ3v) is 27.3. The zero-order valence-corrected chi connectivity index (χ0v) is 55.9. The molecule has 18 N–H and O–H groups in total. The molecule has 40 heteroatoms. The average molecular weight is 1370 g/mol. The van der Waals surface area contributed by atoms with Gasteiger partial charge in [-0.25, -0.2) is 19.9 Å². The number of aromatic nitrogens is 16. The van der Waals surface area contributed by atoms with E-state index in [0.717, 1.165) is 0 Å². The van der Waals surface area contributed by atoms with Gasteiger partial charge in [0, 0.05) is 25.9 Å². The van der Waals surface area contributed by atoms with Crippen molar-refractivity contribution in [2.75, 3.05) is 42.8 Å². The van der Waals surface area contributed by atoms with Crippen molar-refractivity contribution in [2.45, 2.75) is 196 Å². The van der Waals surface area contributed by atoms with Crippen molar-refractivity contribution in [3.05, 3.63) is 66.7 Å². The number of H-pyrrole nitrogens is 4. The highest BCUT2D eigenvalue weighted by atomic mass is 28.4. The number of nitrogens with zero attached hydrogens (tertiary/aromatic N) is 12. The second kappa shape index (κ2) is 27.4. The van der Waals surface area contributed by atoms with Gasteiger partial charge in [-0.05, 0) is 49.1 Å². The number of aliphatic hydroxyl groups excluding tert-OH is 4. The Labute approximate surface area is 541 Å². The molecule has 0 saturated carbocycles. The van der Waals surface area contributed by atoms with E-state index in [1.165, 1.54) is 34.4 Å². The first-order valence-corrected chi connectivity index (χ1v) is 36.5. The number of ether oxygens (including phenoxy) is 5. The molecule has 0 aromatic carbocycles. The van der Waals surface area contributed by atoms with Crippen LogP contribution in [0.4, 0.5) is 23.8 Å². The van der Waals surface area contributed by atoms with Crippen LogP contribution in [-0.4, -0.2) is 207 Å². The van der Waals surface area contributed by atoms with Crippen molar-refractivity contribution in [1.29, 1.82) is 0 Å². The normalized spacial score (nSPS) is 26.6. The van der Waals surface area contributed by atoms with E-state index >= 15 is 0 Å². The van der Waals surface area contributed by atoms with Crippen molar-refractivity contribution >= 4 is 91.4 Å². The standard InChI is InChI=1S/C22H28N10O8.C22H42N6O5Si2.C11H13N5O4/c23-21-27-16-12(18(36)29-21)25-6-31(16)11-4-8(34)9(39-11)2-1-3-38-15-10(5-33)40-20(14(15)35)32-7-26-13-17(32)28-22(24)30-19(13)37;1-21(2,3)34(7,8)31-11-13-14(27-30)16(33-35(9,10)22(4,5)6)19(32-13)28-12-24-15-17(28)25-20(23)26-18(15)29;12-11-14-9-8(10(19)15-11)13-4-16(9)7-3-5(18)6(20-7)1-2-17/h6-11,14-15,20,33-35H,1-5H2,(H3,23,27,29,36)(H3,24,28,30,37);12-14,16,19,27,30H,11H2,1-10H3,(H3,23,25,26,29);2,4-7,18H,1,3H2,(H3,12,14,15,19)/t8-,9+,10+,11+,14+,15+,20+;13-,14-,16-,19-;5-,6+,7+/m010/s1. The highest BCUT2D eigenvalue weighted by molar-refractivity contribution is 6.74. The summed E-state index contributed by atoms with van der Waals surface area (Å²) < 4.78 is 49.2. The second-order valence-corrected chi connectivity index (χ2v) is 36.3. The molecule has 38 nitrogen and oxygen atoms in total. The van der Waals surface area contributed by atoms with Crippen molar-refractivity contribution in [1.82, 2.24) is 83.6 Å². The highest BCUT2D eigenvalue weighted by Crippen LogP contribution is 2.44. The topological polar surface area (TPSA) is 553 Å². The molecule has 4 aliphatic rings. The predicted molar refractivity (Wildman–Crippen MR) is 344 cm³/mol.